The van der Waals surface area contributed by atoms with Gasteiger partial charge in [-0.25, -0.2) is 0 Å². The maximum Gasteiger partial charge on any atom is 0.246 e. The van der Waals surface area contributed by atoms with Crippen LogP contribution in [0.15, 0.2) is 64.1 Å². The number of nitrogens with one attached hydrogen (secondary N) is 2. The number of nitrogens with zero attached hydrogens (tertiary/aromatic N) is 3. The summed E-state index contributed by atoms with van der Waals surface area (Å²) >= 11 is 5.92. The maximum absolute atomic E-state index is 5.92. The fraction of sp³-hybridized carbons (Fsp3) is 0.286. The first-order valence-corrected chi connectivity index (χ1v) is 9.65. The van der Waals surface area contributed by atoms with Crippen LogP contribution in [-0.2, 0) is 12.0 Å². The molecule has 152 valence electrons. The number of hydrogen-bond donors (Lipinski definition) is 2. The van der Waals surface area contributed by atoms with Crippen molar-refractivity contribution in [1.29, 1.82) is 0 Å². The lowest BCUT2D eigenvalue weighted by Crippen LogP contribution is -2.40. The molecule has 0 amide bonds. The Balaban J connectivity index is 0.00000240. The molecule has 0 spiro atoms. The smallest absolute Gasteiger partial charge is 0.246 e. The number of hydrogen-bond acceptors (Lipinski definition) is 4. The Bertz CT molecular complexity index is 955. The highest BCUT2D eigenvalue weighted by Crippen LogP contribution is 2.47. The second-order valence-electron chi connectivity index (χ2n) is 6.94. The fourth-order valence-electron chi connectivity index (χ4n) is 3.19. The van der Waals surface area contributed by atoms with Crippen molar-refractivity contribution in [1.82, 2.24) is 20.8 Å². The van der Waals surface area contributed by atoms with Crippen LogP contribution in [-0.4, -0.2) is 29.7 Å². The van der Waals surface area contributed by atoms with Gasteiger partial charge in [-0.2, -0.15) is 4.98 Å². The summed E-state index contributed by atoms with van der Waals surface area (Å²) in [6.45, 7) is 1.25. The molecule has 29 heavy (non-hydrogen) atoms. The summed E-state index contributed by atoms with van der Waals surface area (Å²) in [5.41, 5.74) is 2.45. The van der Waals surface area contributed by atoms with E-state index in [1.807, 2.05) is 12.1 Å². The fourth-order valence-corrected chi connectivity index (χ4v) is 3.31. The van der Waals surface area contributed by atoms with Crippen molar-refractivity contribution in [3.05, 3.63) is 71.1 Å². The molecule has 8 heteroatoms. The van der Waals surface area contributed by atoms with E-state index >= 15 is 0 Å². The summed E-state index contributed by atoms with van der Waals surface area (Å²) in [6, 6.07) is 18.0. The summed E-state index contributed by atoms with van der Waals surface area (Å²) in [4.78, 5) is 8.71. The molecule has 1 aromatic heterocycles. The van der Waals surface area contributed by atoms with Crippen molar-refractivity contribution in [2.75, 3.05) is 13.6 Å². The van der Waals surface area contributed by atoms with Gasteiger partial charge in [-0.15, -0.1) is 24.0 Å². The topological polar surface area (TPSA) is 75.3 Å². The molecule has 1 aliphatic carbocycles. The minimum atomic E-state index is 0. The lowest BCUT2D eigenvalue weighted by Gasteiger charge is -2.18. The molecule has 3 aromatic rings. The van der Waals surface area contributed by atoms with E-state index < -0.39 is 0 Å². The molecule has 0 radical (unpaired) electrons. The summed E-state index contributed by atoms with van der Waals surface area (Å²) < 4.78 is 5.33. The molecule has 0 aliphatic heterocycles. The standard InChI is InChI=1S/C21H22ClN5O.HI/c1-23-20(25-14-21(11-12-21)16-5-3-2-4-6-16)24-13-18-26-19(27-28-18)15-7-9-17(22)10-8-15;/h2-10H,11-14H2,1H3,(H2,23,24,25);1H. The molecular weight excluding hydrogens is 501 g/mol. The van der Waals surface area contributed by atoms with Gasteiger partial charge in [0.2, 0.25) is 11.7 Å². The maximum atomic E-state index is 5.92. The third-order valence-corrected chi connectivity index (χ3v) is 5.29. The zero-order chi connectivity index (χ0) is 19.4. The molecule has 4 rings (SSSR count). The number of aliphatic imine (C=N–C) groups is 1. The van der Waals surface area contributed by atoms with Gasteiger partial charge >= 0.3 is 0 Å². The largest absolute Gasteiger partial charge is 0.356 e. The second kappa shape index (κ2) is 9.58. The zero-order valence-electron chi connectivity index (χ0n) is 16.1. The quantitative estimate of drug-likeness (QED) is 0.285. The lowest BCUT2D eigenvalue weighted by atomic mass is 9.96. The Morgan fingerprint density at radius 2 is 1.83 bits per heavy atom. The van der Waals surface area contributed by atoms with E-state index in [0.29, 0.717) is 29.2 Å². The first-order chi connectivity index (χ1) is 13.7. The third kappa shape index (κ3) is 5.27. The van der Waals surface area contributed by atoms with E-state index in [9.17, 15) is 0 Å². The molecular formula is C21H23ClIN5O. The third-order valence-electron chi connectivity index (χ3n) is 5.04. The molecule has 1 heterocycles. The molecule has 1 saturated carbocycles. The van der Waals surface area contributed by atoms with Gasteiger partial charge in [-0.1, -0.05) is 47.1 Å². The average molecular weight is 524 g/mol. The van der Waals surface area contributed by atoms with E-state index in [4.69, 9.17) is 16.1 Å². The molecule has 0 atom stereocenters. The van der Waals surface area contributed by atoms with Crippen LogP contribution in [0.4, 0.5) is 0 Å². The van der Waals surface area contributed by atoms with E-state index in [-0.39, 0.29) is 29.4 Å². The van der Waals surface area contributed by atoms with Crippen LogP contribution in [0.5, 0.6) is 0 Å². The number of aromatic nitrogens is 2. The van der Waals surface area contributed by atoms with Gasteiger partial charge < -0.3 is 15.2 Å². The van der Waals surface area contributed by atoms with Gasteiger partial charge in [0.1, 0.15) is 0 Å². The predicted molar refractivity (Wildman–Crippen MR) is 126 cm³/mol. The Morgan fingerprint density at radius 1 is 1.10 bits per heavy atom. The number of halogens is 2. The van der Waals surface area contributed by atoms with E-state index in [0.717, 1.165) is 12.1 Å². The van der Waals surface area contributed by atoms with Gasteiger partial charge in [0.05, 0.1) is 6.54 Å². The Kier molecular flexibility index (Phi) is 7.13. The normalized spacial score (nSPS) is 14.8. The molecule has 6 nitrogen and oxygen atoms in total. The highest BCUT2D eigenvalue weighted by Gasteiger charge is 2.43. The second-order valence-corrected chi connectivity index (χ2v) is 7.38. The van der Waals surface area contributed by atoms with Crippen LogP contribution in [0.1, 0.15) is 24.3 Å². The molecule has 0 unspecified atom stereocenters. The minimum Gasteiger partial charge on any atom is -0.356 e. The van der Waals surface area contributed by atoms with Crippen LogP contribution in [0.2, 0.25) is 5.02 Å². The van der Waals surface area contributed by atoms with E-state index in [1.54, 1.807) is 19.2 Å². The summed E-state index contributed by atoms with van der Waals surface area (Å²) in [7, 11) is 1.75. The van der Waals surface area contributed by atoms with Crippen LogP contribution in [0.25, 0.3) is 11.4 Å². The predicted octanol–water partition coefficient (Wildman–Crippen LogP) is 4.40. The number of guanidine groups is 1. The Morgan fingerprint density at radius 3 is 2.48 bits per heavy atom. The van der Waals surface area contributed by atoms with Crippen molar-refractivity contribution in [3.63, 3.8) is 0 Å². The highest BCUT2D eigenvalue weighted by atomic mass is 127. The zero-order valence-corrected chi connectivity index (χ0v) is 19.1. The molecule has 2 aromatic carbocycles. The number of rotatable bonds is 6. The van der Waals surface area contributed by atoms with Crippen LogP contribution in [0.3, 0.4) is 0 Å². The van der Waals surface area contributed by atoms with Crippen molar-refractivity contribution < 1.29 is 4.52 Å². The van der Waals surface area contributed by atoms with E-state index in [2.05, 4.69) is 56.1 Å². The highest BCUT2D eigenvalue weighted by molar-refractivity contribution is 14.0. The van der Waals surface area contributed by atoms with Crippen molar-refractivity contribution in [2.45, 2.75) is 24.8 Å². The van der Waals surface area contributed by atoms with Crippen LogP contribution >= 0.6 is 35.6 Å². The molecule has 0 bridgehead atoms. The van der Waals surface area contributed by atoms with Crippen molar-refractivity contribution in [2.24, 2.45) is 4.99 Å². The van der Waals surface area contributed by atoms with Crippen molar-refractivity contribution >= 4 is 41.5 Å². The Hall–Kier alpha value is -2.13. The number of benzene rings is 2. The molecule has 2 N–H and O–H groups in total. The van der Waals surface area contributed by atoms with Crippen molar-refractivity contribution in [3.8, 4) is 11.4 Å². The summed E-state index contributed by atoms with van der Waals surface area (Å²) in [5, 5.41) is 11.4. The van der Waals surface area contributed by atoms with E-state index in [1.165, 1.54) is 18.4 Å². The van der Waals surface area contributed by atoms with Gasteiger partial charge in [0, 0.05) is 29.6 Å². The monoisotopic (exact) mass is 523 g/mol. The minimum absolute atomic E-state index is 0. The van der Waals surface area contributed by atoms with Gasteiger partial charge in [-0.05, 0) is 42.7 Å². The molecule has 1 aliphatic rings. The van der Waals surface area contributed by atoms with Gasteiger partial charge in [0.15, 0.2) is 5.96 Å². The summed E-state index contributed by atoms with van der Waals surface area (Å²) in [6.07, 6.45) is 2.38. The lowest BCUT2D eigenvalue weighted by molar-refractivity contribution is 0.375. The molecule has 1 fully saturated rings. The average Bonchev–Trinajstić information content (AvgIpc) is 3.39. The first kappa shape index (κ1) is 21.6. The van der Waals surface area contributed by atoms with Crippen LogP contribution < -0.4 is 10.6 Å². The van der Waals surface area contributed by atoms with Gasteiger partial charge in [-0.3, -0.25) is 4.99 Å². The summed E-state index contributed by atoms with van der Waals surface area (Å²) in [5.74, 6) is 1.75. The van der Waals surface area contributed by atoms with Gasteiger partial charge in [0.25, 0.3) is 0 Å². The van der Waals surface area contributed by atoms with Crippen LogP contribution in [0, 0.1) is 0 Å². The Labute approximate surface area is 192 Å². The molecule has 0 saturated heterocycles. The first-order valence-electron chi connectivity index (χ1n) is 9.27. The SMILES string of the molecule is CN=C(NCc1nc(-c2ccc(Cl)cc2)no1)NCC1(c2ccccc2)CC1.I.